The molecule has 2 aromatic carbocycles. The highest BCUT2D eigenvalue weighted by atomic mass is 16.2. The number of nitrogens with zero attached hydrogens (tertiary/aromatic N) is 2. The Morgan fingerprint density at radius 2 is 1.86 bits per heavy atom. The van der Waals surface area contributed by atoms with Gasteiger partial charge in [0.25, 0.3) is 5.91 Å². The Kier molecular flexibility index (Phi) is 5.09. The molecule has 2 atom stereocenters. The number of carbonyl (C=O) groups is 2. The lowest BCUT2D eigenvalue weighted by Gasteiger charge is -2.26. The van der Waals surface area contributed by atoms with Gasteiger partial charge in [-0.3, -0.25) is 9.59 Å². The average Bonchev–Trinajstić information content (AvgIpc) is 3.28. The molecule has 0 saturated heterocycles. The van der Waals surface area contributed by atoms with Crippen molar-refractivity contribution in [3.8, 4) is 0 Å². The molecule has 1 aliphatic heterocycles. The van der Waals surface area contributed by atoms with Crippen LogP contribution < -0.4 is 5.32 Å². The number of carbonyl (C=O) groups excluding carboxylic acids is 2. The van der Waals surface area contributed by atoms with Gasteiger partial charge >= 0.3 is 0 Å². The molecular weight excluding hydrogens is 364 g/mol. The number of aromatic nitrogens is 2. The molecule has 0 radical (unpaired) electrons. The molecule has 0 unspecified atom stereocenters. The van der Waals surface area contributed by atoms with E-state index in [1.54, 1.807) is 11.8 Å². The fraction of sp³-hybridized carbons (Fsp3) is 0.348. The third-order valence-corrected chi connectivity index (χ3v) is 5.46. The Labute approximate surface area is 170 Å². The van der Waals surface area contributed by atoms with Crippen molar-refractivity contribution in [1.29, 1.82) is 0 Å². The average molecular weight is 390 g/mol. The first kappa shape index (κ1) is 19.2. The summed E-state index contributed by atoms with van der Waals surface area (Å²) in [5, 5.41) is 3.12. The maximum atomic E-state index is 13.1. The van der Waals surface area contributed by atoms with Gasteiger partial charge in [-0.15, -0.1) is 0 Å². The van der Waals surface area contributed by atoms with Gasteiger partial charge < -0.3 is 15.2 Å². The van der Waals surface area contributed by atoms with Crippen LogP contribution in [0.15, 0.2) is 48.5 Å². The number of H-pyrrole nitrogens is 1. The number of imidazole rings is 1. The third-order valence-electron chi connectivity index (χ3n) is 5.46. The van der Waals surface area contributed by atoms with E-state index in [4.69, 9.17) is 0 Å². The van der Waals surface area contributed by atoms with Gasteiger partial charge in [-0.1, -0.05) is 44.2 Å². The minimum atomic E-state index is -0.561. The van der Waals surface area contributed by atoms with Crippen molar-refractivity contribution in [3.05, 3.63) is 65.5 Å². The van der Waals surface area contributed by atoms with Crippen LogP contribution in [0.1, 0.15) is 55.0 Å². The van der Waals surface area contributed by atoms with Gasteiger partial charge in [0.2, 0.25) is 5.91 Å². The van der Waals surface area contributed by atoms with Crippen molar-refractivity contribution in [2.45, 2.75) is 45.8 Å². The highest BCUT2D eigenvalue weighted by Gasteiger charge is 2.34. The molecule has 0 aliphatic carbocycles. The van der Waals surface area contributed by atoms with Crippen molar-refractivity contribution in [3.63, 3.8) is 0 Å². The maximum Gasteiger partial charge on any atom is 0.255 e. The number of nitrogens with one attached hydrogen (secondary N) is 2. The van der Waals surface area contributed by atoms with Crippen LogP contribution in [0.2, 0.25) is 0 Å². The maximum absolute atomic E-state index is 13.1. The zero-order valence-electron chi connectivity index (χ0n) is 17.0. The minimum absolute atomic E-state index is 0.0904. The Bertz CT molecular complexity index is 1020. The summed E-state index contributed by atoms with van der Waals surface area (Å²) in [6.45, 7) is 6.48. The first-order chi connectivity index (χ1) is 13.9. The van der Waals surface area contributed by atoms with Crippen molar-refractivity contribution in [2.75, 3.05) is 0 Å². The smallest absolute Gasteiger partial charge is 0.255 e. The van der Waals surface area contributed by atoms with Gasteiger partial charge in [-0.05, 0) is 43.0 Å². The number of fused-ring (bicyclic) bond motifs is 2. The number of amides is 2. The van der Waals surface area contributed by atoms with Crippen molar-refractivity contribution < 1.29 is 9.59 Å². The van der Waals surface area contributed by atoms with Crippen LogP contribution in [0.5, 0.6) is 0 Å². The fourth-order valence-corrected chi connectivity index (χ4v) is 3.87. The lowest BCUT2D eigenvalue weighted by molar-refractivity contribution is -0.126. The van der Waals surface area contributed by atoms with Gasteiger partial charge in [-0.2, -0.15) is 0 Å². The van der Waals surface area contributed by atoms with Gasteiger partial charge in [0, 0.05) is 12.1 Å². The SMILES string of the molecule is CC(C)C[C@@H](NC(=O)[C@H](C)N1Cc2ccccc2C1=O)c1nc2ccccc2[nH]1. The summed E-state index contributed by atoms with van der Waals surface area (Å²) < 4.78 is 0. The Morgan fingerprint density at radius 3 is 2.59 bits per heavy atom. The van der Waals surface area contributed by atoms with Crippen LogP contribution in [-0.4, -0.2) is 32.7 Å². The van der Waals surface area contributed by atoms with E-state index in [1.807, 2.05) is 48.5 Å². The van der Waals surface area contributed by atoms with E-state index in [0.29, 0.717) is 18.0 Å². The first-order valence-corrected chi connectivity index (χ1v) is 10.1. The van der Waals surface area contributed by atoms with Gasteiger partial charge in [0.15, 0.2) is 0 Å². The molecule has 29 heavy (non-hydrogen) atoms. The lowest BCUT2D eigenvalue weighted by Crippen LogP contribution is -2.46. The number of aromatic amines is 1. The molecule has 1 aromatic heterocycles. The summed E-state index contributed by atoms with van der Waals surface area (Å²) in [6.07, 6.45) is 0.756. The number of benzene rings is 2. The van der Waals surface area contributed by atoms with Crippen molar-refractivity contribution in [1.82, 2.24) is 20.2 Å². The number of hydrogen-bond acceptors (Lipinski definition) is 3. The minimum Gasteiger partial charge on any atom is -0.344 e. The van der Waals surface area contributed by atoms with E-state index >= 15 is 0 Å². The molecule has 2 amide bonds. The number of para-hydroxylation sites is 2. The Morgan fingerprint density at radius 1 is 1.14 bits per heavy atom. The van der Waals surface area contributed by atoms with Crippen molar-refractivity contribution in [2.24, 2.45) is 5.92 Å². The van der Waals surface area contributed by atoms with Crippen LogP contribution in [0.4, 0.5) is 0 Å². The molecule has 2 heterocycles. The molecule has 1 aliphatic rings. The zero-order chi connectivity index (χ0) is 20.5. The predicted molar refractivity (Wildman–Crippen MR) is 112 cm³/mol. The lowest BCUT2D eigenvalue weighted by atomic mass is 10.0. The summed E-state index contributed by atoms with van der Waals surface area (Å²) in [6, 6.07) is 14.6. The van der Waals surface area contributed by atoms with Crippen LogP contribution in [0.3, 0.4) is 0 Å². The van der Waals surface area contributed by atoms with Crippen LogP contribution in [-0.2, 0) is 11.3 Å². The molecule has 0 fully saturated rings. The highest BCUT2D eigenvalue weighted by molar-refractivity contribution is 6.01. The fourth-order valence-electron chi connectivity index (χ4n) is 3.87. The van der Waals surface area contributed by atoms with Gasteiger partial charge in [0.1, 0.15) is 11.9 Å². The molecule has 3 aromatic rings. The van der Waals surface area contributed by atoms with E-state index in [1.165, 1.54) is 0 Å². The number of rotatable bonds is 6. The standard InChI is InChI=1S/C23H26N4O2/c1-14(2)12-20(21-24-18-10-6-7-11-19(18)25-21)26-22(28)15(3)27-13-16-8-4-5-9-17(16)23(27)29/h4-11,14-15,20H,12-13H2,1-3H3,(H,24,25)(H,26,28)/t15-,20+/m0/s1. The highest BCUT2D eigenvalue weighted by Crippen LogP contribution is 2.26. The van der Waals surface area contributed by atoms with Crippen molar-refractivity contribution >= 4 is 22.8 Å². The second-order valence-corrected chi connectivity index (χ2v) is 8.10. The number of hydrogen-bond donors (Lipinski definition) is 2. The second-order valence-electron chi connectivity index (χ2n) is 8.10. The molecular formula is C23H26N4O2. The van der Waals surface area contributed by atoms with Gasteiger partial charge in [-0.25, -0.2) is 4.98 Å². The molecule has 150 valence electrons. The zero-order valence-corrected chi connectivity index (χ0v) is 17.0. The summed E-state index contributed by atoms with van der Waals surface area (Å²) in [5.74, 6) is 0.864. The monoisotopic (exact) mass is 390 g/mol. The molecule has 4 rings (SSSR count). The largest absolute Gasteiger partial charge is 0.344 e. The normalized spacial score (nSPS) is 15.6. The van der Waals surface area contributed by atoms with Gasteiger partial charge in [0.05, 0.1) is 17.1 Å². The predicted octanol–water partition coefficient (Wildman–Crippen LogP) is 3.81. The second kappa shape index (κ2) is 7.70. The van der Waals surface area contributed by atoms with E-state index in [-0.39, 0.29) is 17.9 Å². The van der Waals surface area contributed by atoms with E-state index in [9.17, 15) is 9.59 Å². The molecule has 0 spiro atoms. The van der Waals surface area contributed by atoms with Crippen LogP contribution in [0.25, 0.3) is 11.0 Å². The molecule has 0 saturated carbocycles. The Balaban J connectivity index is 1.53. The Hall–Kier alpha value is -3.15. The topological polar surface area (TPSA) is 78.1 Å². The van der Waals surface area contributed by atoms with E-state index < -0.39 is 6.04 Å². The summed E-state index contributed by atoms with van der Waals surface area (Å²) in [5.41, 5.74) is 3.48. The quantitative estimate of drug-likeness (QED) is 0.672. The summed E-state index contributed by atoms with van der Waals surface area (Å²) in [4.78, 5) is 35.4. The third kappa shape index (κ3) is 3.75. The van der Waals surface area contributed by atoms with Crippen LogP contribution >= 0.6 is 0 Å². The van der Waals surface area contributed by atoms with E-state index in [2.05, 4.69) is 29.1 Å². The molecule has 6 nitrogen and oxygen atoms in total. The van der Waals surface area contributed by atoms with E-state index in [0.717, 1.165) is 28.8 Å². The first-order valence-electron chi connectivity index (χ1n) is 10.1. The molecule has 6 heteroatoms. The summed E-state index contributed by atoms with van der Waals surface area (Å²) in [7, 11) is 0. The van der Waals surface area contributed by atoms with Crippen LogP contribution in [0, 0.1) is 5.92 Å². The molecule has 0 bridgehead atoms. The molecule has 2 N–H and O–H groups in total. The summed E-state index contributed by atoms with van der Waals surface area (Å²) >= 11 is 0.